The van der Waals surface area contributed by atoms with E-state index in [4.69, 9.17) is 0 Å². The van der Waals surface area contributed by atoms with Crippen molar-refractivity contribution in [2.45, 2.75) is 65.2 Å². The number of fused-ring (bicyclic) bond motifs is 2. The average molecular weight is 507 g/mol. The fourth-order valence-corrected chi connectivity index (χ4v) is 5.81. The maximum atomic E-state index is 13.2. The minimum atomic E-state index is -0.0137. The molecule has 196 valence electrons. The van der Waals surface area contributed by atoms with Crippen molar-refractivity contribution >= 4 is 54.9 Å². The Kier molecular flexibility index (Phi) is 8.07. The Morgan fingerprint density at radius 2 is 0.895 bits per heavy atom. The van der Waals surface area contributed by atoms with Crippen molar-refractivity contribution in [3.63, 3.8) is 0 Å². The summed E-state index contributed by atoms with van der Waals surface area (Å²) in [6.45, 7) is 5.79. The topological polar surface area (TPSA) is 58.2 Å². The van der Waals surface area contributed by atoms with E-state index in [1.54, 1.807) is 0 Å². The molecule has 0 saturated heterocycles. The number of carbonyl (C=O) groups is 2. The molecule has 0 aromatic heterocycles. The van der Waals surface area contributed by atoms with Gasteiger partial charge in [-0.15, -0.1) is 0 Å². The van der Waals surface area contributed by atoms with Crippen molar-refractivity contribution in [2.24, 2.45) is 0 Å². The summed E-state index contributed by atoms with van der Waals surface area (Å²) in [6.07, 6.45) is 9.05. The molecule has 2 N–H and O–H groups in total. The van der Waals surface area contributed by atoms with Gasteiger partial charge >= 0.3 is 0 Å². The van der Waals surface area contributed by atoms with Crippen LogP contribution in [0.5, 0.6) is 0 Å². The van der Waals surface area contributed by atoms with E-state index in [0.29, 0.717) is 13.1 Å². The lowest BCUT2D eigenvalue weighted by atomic mass is 9.87. The van der Waals surface area contributed by atoms with Crippen LogP contribution in [0.25, 0.3) is 43.1 Å². The Hall–Kier alpha value is -3.66. The zero-order chi connectivity index (χ0) is 26.5. The van der Waals surface area contributed by atoms with Gasteiger partial charge in [0.25, 0.3) is 11.8 Å². The summed E-state index contributed by atoms with van der Waals surface area (Å²) in [6, 6.07) is 20.5. The van der Waals surface area contributed by atoms with Gasteiger partial charge < -0.3 is 10.6 Å². The molecule has 0 spiro atoms. The SMILES string of the molecule is CCCCCCNC(=O)c1ccc2c3cccc4c(C(=O)NCCCCCC)ccc(c5cccc1c52)c43. The lowest BCUT2D eigenvalue weighted by molar-refractivity contribution is 0.0946. The number of rotatable bonds is 12. The second-order valence-electron chi connectivity index (χ2n) is 10.4. The van der Waals surface area contributed by atoms with Crippen LogP contribution in [0.4, 0.5) is 0 Å². The van der Waals surface area contributed by atoms with Crippen LogP contribution in [0.3, 0.4) is 0 Å². The lowest BCUT2D eigenvalue weighted by Gasteiger charge is -2.17. The number of hydrogen-bond acceptors (Lipinski definition) is 2. The summed E-state index contributed by atoms with van der Waals surface area (Å²) >= 11 is 0. The number of unbranched alkanes of at least 4 members (excludes halogenated alkanes) is 6. The van der Waals surface area contributed by atoms with E-state index < -0.39 is 0 Å². The van der Waals surface area contributed by atoms with Crippen LogP contribution in [0.15, 0.2) is 60.7 Å². The molecule has 4 nitrogen and oxygen atoms in total. The van der Waals surface area contributed by atoms with Gasteiger partial charge in [0.2, 0.25) is 0 Å². The minimum Gasteiger partial charge on any atom is -0.352 e. The lowest BCUT2D eigenvalue weighted by Crippen LogP contribution is -2.24. The highest BCUT2D eigenvalue weighted by molar-refractivity contribution is 6.35. The van der Waals surface area contributed by atoms with Crippen molar-refractivity contribution in [1.29, 1.82) is 0 Å². The van der Waals surface area contributed by atoms with Gasteiger partial charge in [-0.05, 0) is 68.1 Å². The monoisotopic (exact) mass is 506 g/mol. The molecule has 0 aliphatic carbocycles. The standard InChI is InChI=1S/C34H38N2O2/c1-3-5-7-9-21-35-33(37)29-19-17-27-24-14-12-16-26-30(34(38)36-22-10-8-6-4-2)20-18-28(32(24)26)23-13-11-15-25(29)31(23)27/h11-20H,3-10,21-22H2,1-2H3,(H,35,37)(H,36,38). The molecule has 5 aromatic carbocycles. The summed E-state index contributed by atoms with van der Waals surface area (Å²) in [7, 11) is 0. The molecule has 0 heterocycles. The van der Waals surface area contributed by atoms with Gasteiger partial charge in [-0.2, -0.15) is 0 Å². The van der Waals surface area contributed by atoms with E-state index in [9.17, 15) is 9.59 Å². The summed E-state index contributed by atoms with van der Waals surface area (Å²) in [5.41, 5.74) is 1.44. The summed E-state index contributed by atoms with van der Waals surface area (Å²) in [5.74, 6) is -0.0275. The van der Waals surface area contributed by atoms with E-state index in [1.165, 1.54) is 25.7 Å². The number of carbonyl (C=O) groups excluding carboxylic acids is 2. The highest BCUT2D eigenvalue weighted by atomic mass is 16.2. The molecule has 4 heteroatoms. The van der Waals surface area contributed by atoms with Gasteiger partial charge in [-0.1, -0.05) is 101 Å². The van der Waals surface area contributed by atoms with Crippen molar-refractivity contribution in [3.8, 4) is 0 Å². The Labute approximate surface area is 225 Å². The van der Waals surface area contributed by atoms with Gasteiger partial charge in [-0.3, -0.25) is 9.59 Å². The second-order valence-corrected chi connectivity index (χ2v) is 10.4. The van der Waals surface area contributed by atoms with Crippen LogP contribution >= 0.6 is 0 Å². The normalized spacial score (nSPS) is 11.6. The molecule has 0 aliphatic heterocycles. The minimum absolute atomic E-state index is 0.0137. The van der Waals surface area contributed by atoms with Crippen molar-refractivity contribution in [2.75, 3.05) is 13.1 Å². The van der Waals surface area contributed by atoms with E-state index >= 15 is 0 Å². The molecule has 0 aliphatic rings. The number of amides is 2. The summed E-state index contributed by atoms with van der Waals surface area (Å²) in [4.78, 5) is 26.3. The Balaban J connectivity index is 1.55. The van der Waals surface area contributed by atoms with Gasteiger partial charge in [0.1, 0.15) is 0 Å². The Morgan fingerprint density at radius 1 is 0.500 bits per heavy atom. The van der Waals surface area contributed by atoms with Gasteiger partial charge in [0, 0.05) is 24.2 Å². The highest BCUT2D eigenvalue weighted by Gasteiger charge is 2.19. The van der Waals surface area contributed by atoms with E-state index in [0.717, 1.165) is 79.9 Å². The molecule has 5 aromatic rings. The maximum absolute atomic E-state index is 13.2. The van der Waals surface area contributed by atoms with Crippen LogP contribution in [0.2, 0.25) is 0 Å². The third-order valence-corrected chi connectivity index (χ3v) is 7.78. The van der Waals surface area contributed by atoms with Crippen molar-refractivity contribution < 1.29 is 9.59 Å². The Bertz CT molecular complexity index is 1450. The predicted octanol–water partition coefficient (Wildman–Crippen LogP) is 8.36. The fourth-order valence-electron chi connectivity index (χ4n) is 5.81. The molecule has 0 unspecified atom stereocenters. The Morgan fingerprint density at radius 3 is 1.32 bits per heavy atom. The molecule has 0 saturated carbocycles. The first kappa shape index (κ1) is 26.0. The first-order valence-corrected chi connectivity index (χ1v) is 14.3. The quantitative estimate of drug-likeness (QED) is 0.101. The van der Waals surface area contributed by atoms with Crippen LogP contribution in [0, 0.1) is 0 Å². The molecule has 0 atom stereocenters. The van der Waals surface area contributed by atoms with Gasteiger partial charge in [0.15, 0.2) is 0 Å². The summed E-state index contributed by atoms with van der Waals surface area (Å²) < 4.78 is 0. The predicted molar refractivity (Wildman–Crippen MR) is 161 cm³/mol. The zero-order valence-corrected chi connectivity index (χ0v) is 22.7. The highest BCUT2D eigenvalue weighted by Crippen LogP contribution is 2.41. The van der Waals surface area contributed by atoms with Gasteiger partial charge in [-0.25, -0.2) is 0 Å². The zero-order valence-electron chi connectivity index (χ0n) is 22.7. The molecule has 5 rings (SSSR count). The fraction of sp³-hybridized carbons (Fsp3) is 0.353. The van der Waals surface area contributed by atoms with Crippen LogP contribution in [-0.2, 0) is 0 Å². The number of benzene rings is 5. The third kappa shape index (κ3) is 4.92. The van der Waals surface area contributed by atoms with Crippen molar-refractivity contribution in [3.05, 3.63) is 71.8 Å². The van der Waals surface area contributed by atoms with Crippen molar-refractivity contribution in [1.82, 2.24) is 10.6 Å². The molecule has 38 heavy (non-hydrogen) atoms. The number of nitrogens with one attached hydrogen (secondary N) is 2. The third-order valence-electron chi connectivity index (χ3n) is 7.78. The van der Waals surface area contributed by atoms with E-state index in [1.807, 2.05) is 24.3 Å². The molecule has 2 amide bonds. The molecule has 0 radical (unpaired) electrons. The van der Waals surface area contributed by atoms with Crippen LogP contribution < -0.4 is 10.6 Å². The second kappa shape index (κ2) is 11.8. The first-order valence-electron chi connectivity index (χ1n) is 14.3. The smallest absolute Gasteiger partial charge is 0.251 e. The molecule has 0 bridgehead atoms. The summed E-state index contributed by atoms with van der Waals surface area (Å²) in [5, 5.41) is 14.9. The first-order chi connectivity index (χ1) is 18.7. The van der Waals surface area contributed by atoms with E-state index in [-0.39, 0.29) is 11.8 Å². The average Bonchev–Trinajstić information content (AvgIpc) is 2.94. The van der Waals surface area contributed by atoms with Gasteiger partial charge in [0.05, 0.1) is 0 Å². The molecular formula is C34H38N2O2. The molecule has 0 fully saturated rings. The molecular weight excluding hydrogens is 468 g/mol. The van der Waals surface area contributed by atoms with E-state index in [2.05, 4.69) is 60.9 Å². The van der Waals surface area contributed by atoms with Crippen LogP contribution in [0.1, 0.15) is 85.9 Å². The number of hydrogen-bond donors (Lipinski definition) is 2. The maximum Gasteiger partial charge on any atom is 0.251 e. The van der Waals surface area contributed by atoms with Crippen LogP contribution in [-0.4, -0.2) is 24.9 Å². The largest absolute Gasteiger partial charge is 0.352 e.